The zero-order chi connectivity index (χ0) is 14.4. The normalized spacial score (nSPS) is 10.1. The van der Waals surface area contributed by atoms with Crippen molar-refractivity contribution in [2.45, 2.75) is 6.92 Å². The summed E-state index contributed by atoms with van der Waals surface area (Å²) in [4.78, 5) is 23.4. The molecular formula is C11H16N8O. The van der Waals surface area contributed by atoms with Crippen molar-refractivity contribution in [2.75, 3.05) is 30.8 Å². The first-order chi connectivity index (χ1) is 9.69. The van der Waals surface area contributed by atoms with Gasteiger partial charge in [-0.3, -0.25) is 4.79 Å². The van der Waals surface area contributed by atoms with Gasteiger partial charge in [-0.15, -0.1) is 0 Å². The van der Waals surface area contributed by atoms with Crippen molar-refractivity contribution in [1.82, 2.24) is 30.0 Å². The Hall–Kier alpha value is -2.71. The summed E-state index contributed by atoms with van der Waals surface area (Å²) in [5.41, 5.74) is 0. The monoisotopic (exact) mass is 276 g/mol. The zero-order valence-electron chi connectivity index (χ0n) is 11.3. The van der Waals surface area contributed by atoms with Crippen LogP contribution in [0.5, 0.6) is 0 Å². The predicted molar refractivity (Wildman–Crippen MR) is 73.7 cm³/mol. The lowest BCUT2D eigenvalue weighted by molar-refractivity contribution is -0.118. The highest BCUT2D eigenvalue weighted by atomic mass is 16.1. The zero-order valence-corrected chi connectivity index (χ0v) is 11.3. The van der Waals surface area contributed by atoms with Crippen LogP contribution in [0.3, 0.4) is 0 Å². The molecule has 2 aromatic rings. The Labute approximate surface area is 115 Å². The molecule has 20 heavy (non-hydrogen) atoms. The van der Waals surface area contributed by atoms with E-state index in [1.807, 2.05) is 0 Å². The molecule has 0 saturated carbocycles. The molecule has 2 rings (SSSR count). The number of anilines is 2. The number of carbonyl (C=O) groups excluding carboxylic acids is 1. The molecule has 0 unspecified atom stereocenters. The van der Waals surface area contributed by atoms with Crippen LogP contribution in [0.4, 0.5) is 11.9 Å². The standard InChI is InChI=1S/C11H16N8O/c1-8(20)13-5-6-14-10-16-9(12-2)17-11(18-10)19-7-3-4-15-19/h3-4,7H,5-6H2,1-2H3,(H,13,20)(H2,12,14,16,17,18). The minimum Gasteiger partial charge on any atom is -0.357 e. The fourth-order valence-corrected chi connectivity index (χ4v) is 1.46. The number of hydrogen-bond donors (Lipinski definition) is 3. The van der Waals surface area contributed by atoms with Gasteiger partial charge in [-0.05, 0) is 6.07 Å². The van der Waals surface area contributed by atoms with E-state index in [1.165, 1.54) is 6.92 Å². The number of carbonyl (C=O) groups is 1. The minimum absolute atomic E-state index is 0.0735. The number of hydrogen-bond acceptors (Lipinski definition) is 7. The van der Waals surface area contributed by atoms with Crippen LogP contribution in [-0.2, 0) is 4.79 Å². The molecule has 0 spiro atoms. The molecule has 0 radical (unpaired) electrons. The van der Waals surface area contributed by atoms with Crippen LogP contribution in [0.15, 0.2) is 18.5 Å². The third-order valence-corrected chi connectivity index (χ3v) is 2.34. The molecule has 0 aliphatic heterocycles. The van der Waals surface area contributed by atoms with Gasteiger partial charge in [-0.25, -0.2) is 4.68 Å². The summed E-state index contributed by atoms with van der Waals surface area (Å²) in [6.45, 7) is 2.48. The van der Waals surface area contributed by atoms with Gasteiger partial charge in [0.1, 0.15) is 0 Å². The first-order valence-corrected chi connectivity index (χ1v) is 6.11. The Bertz CT molecular complexity index is 568. The van der Waals surface area contributed by atoms with Crippen LogP contribution in [0.1, 0.15) is 6.92 Å². The largest absolute Gasteiger partial charge is 0.357 e. The third kappa shape index (κ3) is 3.64. The lowest BCUT2D eigenvalue weighted by Crippen LogP contribution is -2.27. The van der Waals surface area contributed by atoms with E-state index in [-0.39, 0.29) is 5.91 Å². The molecule has 1 amide bonds. The van der Waals surface area contributed by atoms with E-state index in [1.54, 1.807) is 30.2 Å². The second-order valence-electron chi connectivity index (χ2n) is 3.89. The van der Waals surface area contributed by atoms with E-state index in [0.29, 0.717) is 30.9 Å². The Morgan fingerprint density at radius 3 is 2.70 bits per heavy atom. The van der Waals surface area contributed by atoms with Crippen molar-refractivity contribution in [3.63, 3.8) is 0 Å². The maximum absolute atomic E-state index is 10.8. The molecule has 0 bridgehead atoms. The highest BCUT2D eigenvalue weighted by molar-refractivity contribution is 5.72. The van der Waals surface area contributed by atoms with Gasteiger partial charge in [0.25, 0.3) is 5.95 Å². The Morgan fingerprint density at radius 2 is 2.05 bits per heavy atom. The van der Waals surface area contributed by atoms with Gasteiger partial charge < -0.3 is 16.0 Å². The van der Waals surface area contributed by atoms with Crippen LogP contribution < -0.4 is 16.0 Å². The average Bonchev–Trinajstić information content (AvgIpc) is 2.97. The van der Waals surface area contributed by atoms with Gasteiger partial charge >= 0.3 is 0 Å². The number of amides is 1. The van der Waals surface area contributed by atoms with Crippen LogP contribution in [0, 0.1) is 0 Å². The first-order valence-electron chi connectivity index (χ1n) is 6.11. The fourth-order valence-electron chi connectivity index (χ4n) is 1.46. The molecule has 9 nitrogen and oxygen atoms in total. The van der Waals surface area contributed by atoms with E-state index in [2.05, 4.69) is 36.0 Å². The lowest BCUT2D eigenvalue weighted by Gasteiger charge is -2.08. The van der Waals surface area contributed by atoms with Crippen LogP contribution in [-0.4, -0.2) is 50.8 Å². The smallest absolute Gasteiger partial charge is 0.257 e. The van der Waals surface area contributed by atoms with Crippen molar-refractivity contribution in [1.29, 1.82) is 0 Å². The topological polar surface area (TPSA) is 110 Å². The van der Waals surface area contributed by atoms with Crippen molar-refractivity contribution >= 4 is 17.8 Å². The average molecular weight is 276 g/mol. The minimum atomic E-state index is -0.0735. The van der Waals surface area contributed by atoms with Crippen molar-refractivity contribution in [3.05, 3.63) is 18.5 Å². The van der Waals surface area contributed by atoms with E-state index in [4.69, 9.17) is 0 Å². The summed E-state index contributed by atoms with van der Waals surface area (Å²) >= 11 is 0. The molecule has 0 atom stereocenters. The second kappa shape index (κ2) is 6.45. The molecular weight excluding hydrogens is 260 g/mol. The van der Waals surface area contributed by atoms with Gasteiger partial charge in [0.05, 0.1) is 0 Å². The summed E-state index contributed by atoms with van der Waals surface area (Å²) in [5.74, 6) is 1.19. The molecule has 0 fully saturated rings. The van der Waals surface area contributed by atoms with Gasteiger partial charge in [0, 0.05) is 39.5 Å². The Kier molecular flexibility index (Phi) is 4.43. The van der Waals surface area contributed by atoms with Crippen molar-refractivity contribution < 1.29 is 4.79 Å². The molecule has 2 aromatic heterocycles. The lowest BCUT2D eigenvalue weighted by atomic mass is 10.6. The molecule has 106 valence electrons. The first kappa shape index (κ1) is 13.7. The molecule has 3 N–H and O–H groups in total. The summed E-state index contributed by atoms with van der Waals surface area (Å²) in [7, 11) is 1.73. The quantitative estimate of drug-likeness (QED) is 0.618. The third-order valence-electron chi connectivity index (χ3n) is 2.34. The second-order valence-corrected chi connectivity index (χ2v) is 3.89. The predicted octanol–water partition coefficient (Wildman–Crippen LogP) is -0.353. The van der Waals surface area contributed by atoms with Gasteiger partial charge in [0.2, 0.25) is 17.8 Å². The van der Waals surface area contributed by atoms with Gasteiger partial charge in [0.15, 0.2) is 0 Å². The van der Waals surface area contributed by atoms with E-state index >= 15 is 0 Å². The summed E-state index contributed by atoms with van der Waals surface area (Å²) < 4.78 is 1.54. The molecule has 0 aromatic carbocycles. The molecule has 2 heterocycles. The van der Waals surface area contributed by atoms with E-state index in [0.717, 1.165) is 0 Å². The number of nitrogens with zero attached hydrogens (tertiary/aromatic N) is 5. The molecule has 9 heteroatoms. The highest BCUT2D eigenvalue weighted by Gasteiger charge is 2.07. The molecule has 0 aliphatic rings. The van der Waals surface area contributed by atoms with Crippen LogP contribution >= 0.6 is 0 Å². The Morgan fingerprint density at radius 1 is 1.25 bits per heavy atom. The van der Waals surface area contributed by atoms with E-state index < -0.39 is 0 Å². The summed E-state index contributed by atoms with van der Waals surface area (Å²) in [6.07, 6.45) is 3.39. The Balaban J connectivity index is 2.08. The van der Waals surface area contributed by atoms with E-state index in [9.17, 15) is 4.79 Å². The fraction of sp³-hybridized carbons (Fsp3) is 0.364. The van der Waals surface area contributed by atoms with Gasteiger partial charge in [-0.2, -0.15) is 20.1 Å². The maximum Gasteiger partial charge on any atom is 0.257 e. The SMILES string of the molecule is CNc1nc(NCCNC(C)=O)nc(-n2cccn2)n1. The maximum atomic E-state index is 10.8. The number of rotatable bonds is 6. The van der Waals surface area contributed by atoms with Crippen molar-refractivity contribution in [2.24, 2.45) is 0 Å². The highest BCUT2D eigenvalue weighted by Crippen LogP contribution is 2.07. The van der Waals surface area contributed by atoms with Gasteiger partial charge in [-0.1, -0.05) is 0 Å². The summed E-state index contributed by atoms with van der Waals surface area (Å²) in [6, 6.07) is 1.78. The van der Waals surface area contributed by atoms with Crippen LogP contribution in [0.2, 0.25) is 0 Å². The molecule has 0 saturated heterocycles. The van der Waals surface area contributed by atoms with Crippen LogP contribution in [0.25, 0.3) is 5.95 Å². The molecule has 0 aliphatic carbocycles. The van der Waals surface area contributed by atoms with Crippen molar-refractivity contribution in [3.8, 4) is 5.95 Å². The number of aromatic nitrogens is 5. The number of nitrogens with one attached hydrogen (secondary N) is 3. The summed E-state index contributed by atoms with van der Waals surface area (Å²) in [5, 5.41) is 12.6.